The van der Waals surface area contributed by atoms with E-state index in [0.29, 0.717) is 0 Å². The zero-order chi connectivity index (χ0) is 33.6. The monoisotopic (exact) mass is 336 g/mol. The number of hydrogen-bond acceptors (Lipinski definition) is 2. The number of carbonyl (C=O) groups excluding carboxylic acids is 1. The molecule has 1 amide bonds. The largest absolute Gasteiger partial charge is 0.480 e. The standard InChI is InChI=1S/C19H27NO3/c1-13(2)15-8-10-16(11-9-15)18(21)20-17(19(22)23)12-14-6-4-3-5-7-14/h3-7,13,15-17H,8-12H2,1-2H3,(H,20,21)(H,22,23)/t15-,16-,17-/m1/s1/i1D3,2D3,8D2,9D2,10D2,11D2,12D2,13D,15D,16D. The van der Waals surface area contributed by atoms with Crippen LogP contribution in [0.4, 0.5) is 0 Å². The normalized spacial score (nSPS) is 52.1. The maximum Gasteiger partial charge on any atom is 0.326 e. The number of hydrogen-bond donors (Lipinski definition) is 2. The van der Waals surface area contributed by atoms with Gasteiger partial charge in [0.15, 0.2) is 0 Å². The molecule has 0 bridgehead atoms. The van der Waals surface area contributed by atoms with Crippen molar-refractivity contribution in [3.05, 3.63) is 35.9 Å². The van der Waals surface area contributed by atoms with Crippen LogP contribution in [0, 0.1) is 17.7 Å². The van der Waals surface area contributed by atoms with Crippen molar-refractivity contribution >= 4 is 11.9 Å². The summed E-state index contributed by atoms with van der Waals surface area (Å²) >= 11 is 0. The molecule has 2 rings (SSSR count). The summed E-state index contributed by atoms with van der Waals surface area (Å²) in [6.45, 7) is -8.62. The van der Waals surface area contributed by atoms with Gasteiger partial charge in [-0.3, -0.25) is 4.79 Å². The molecular formula is C19H27NO3. The molecule has 0 unspecified atom stereocenters. The third kappa shape index (κ3) is 5.08. The van der Waals surface area contributed by atoms with Crippen molar-refractivity contribution in [1.29, 1.82) is 0 Å². The number of amides is 1. The van der Waals surface area contributed by atoms with Crippen LogP contribution >= 0.6 is 0 Å². The van der Waals surface area contributed by atoms with E-state index in [1.807, 2.05) is 0 Å². The van der Waals surface area contributed by atoms with Crippen molar-refractivity contribution in [1.82, 2.24) is 5.32 Å². The number of aliphatic carboxylic acids is 1. The van der Waals surface area contributed by atoms with Gasteiger partial charge in [-0.05, 0) is 42.8 Å². The molecule has 1 aliphatic rings. The molecule has 1 aromatic carbocycles. The second-order valence-corrected chi connectivity index (χ2v) is 4.38. The summed E-state index contributed by atoms with van der Waals surface area (Å²) in [6.07, 6.45) is -21.5. The Labute approximate surface area is 165 Å². The van der Waals surface area contributed by atoms with Crippen LogP contribution in [0.1, 0.15) is 70.8 Å². The SMILES string of the molecule is [2H]C([2H])(c1ccccc1)[C@@H](NC(=O)[C@]1([2H])C([2H])([2H])C([2H])([2H])[C@@]([2H])(C([2H])(C([2H])([2H])[2H])C([2H])([2H])[2H])C([2H])([2H])C1([2H])[2H])C(=O)O. The van der Waals surface area contributed by atoms with E-state index < -0.39 is 81.2 Å². The number of nitrogens with one attached hydrogen (secondary N) is 1. The van der Waals surface area contributed by atoms with Gasteiger partial charge in [0.2, 0.25) is 5.91 Å². The van der Waals surface area contributed by atoms with Crippen LogP contribution in [0.5, 0.6) is 0 Å². The van der Waals surface area contributed by atoms with E-state index in [4.69, 9.17) is 26.0 Å². The fourth-order valence-electron chi connectivity index (χ4n) is 1.61. The molecule has 0 aliphatic heterocycles. The van der Waals surface area contributed by atoms with Crippen molar-refractivity contribution in [2.75, 3.05) is 0 Å². The lowest BCUT2D eigenvalue weighted by Gasteiger charge is -2.30. The van der Waals surface area contributed by atoms with E-state index >= 15 is 0 Å². The van der Waals surface area contributed by atoms with Gasteiger partial charge in [-0.25, -0.2) is 4.79 Å². The van der Waals surface area contributed by atoms with E-state index in [1.165, 1.54) is 23.5 Å². The van der Waals surface area contributed by atoms with Crippen molar-refractivity contribution in [2.45, 2.75) is 51.6 Å². The molecule has 4 nitrogen and oxygen atoms in total. The van der Waals surface area contributed by atoms with Crippen LogP contribution in [0.25, 0.3) is 0 Å². The van der Waals surface area contributed by atoms with Gasteiger partial charge in [0.05, 0.1) is 0 Å². The first-order valence-electron chi connectivity index (χ1n) is 15.9. The molecule has 0 saturated heterocycles. The lowest BCUT2D eigenvalue weighted by molar-refractivity contribution is -0.142. The van der Waals surface area contributed by atoms with Gasteiger partial charge in [-0.2, -0.15) is 0 Å². The molecule has 1 aliphatic carbocycles. The number of carboxylic acids is 1. The van der Waals surface area contributed by atoms with E-state index in [0.717, 1.165) is 12.1 Å². The quantitative estimate of drug-likeness (QED) is 0.838. The van der Waals surface area contributed by atoms with Gasteiger partial charge in [0.1, 0.15) is 6.04 Å². The Balaban J connectivity index is 2.93. The first-order chi connectivity index (χ1) is 18.3. The molecule has 1 aromatic rings. The topological polar surface area (TPSA) is 66.4 Å². The second kappa shape index (κ2) is 8.14. The van der Waals surface area contributed by atoms with Crippen LogP contribution in [0.15, 0.2) is 30.3 Å². The van der Waals surface area contributed by atoms with Gasteiger partial charge in [0.25, 0.3) is 0 Å². The van der Waals surface area contributed by atoms with E-state index in [2.05, 4.69) is 0 Å². The summed E-state index contributed by atoms with van der Waals surface area (Å²) < 4.78 is 155. The third-order valence-corrected chi connectivity index (χ3v) is 2.71. The van der Waals surface area contributed by atoms with Crippen LogP contribution in [-0.4, -0.2) is 23.0 Å². The van der Waals surface area contributed by atoms with Crippen molar-refractivity contribution < 1.29 is 40.7 Å². The number of benzene rings is 1. The maximum atomic E-state index is 13.5. The average Bonchev–Trinajstić information content (AvgIpc) is 2.82. The molecule has 1 atom stereocenters. The summed E-state index contributed by atoms with van der Waals surface area (Å²) in [5.41, 5.74) is -0.364. The van der Waals surface area contributed by atoms with Crippen LogP contribution < -0.4 is 5.32 Å². The molecule has 2 N–H and O–H groups in total. The molecular weight excluding hydrogens is 290 g/mol. The molecule has 4 heteroatoms. The first-order valence-corrected chi connectivity index (χ1v) is 6.41. The fourth-order valence-corrected chi connectivity index (χ4v) is 1.61. The molecule has 23 heavy (non-hydrogen) atoms. The summed E-state index contributed by atoms with van der Waals surface area (Å²) in [5, 5.41) is 11.1. The highest BCUT2D eigenvalue weighted by Gasteiger charge is 2.30. The van der Waals surface area contributed by atoms with Crippen LogP contribution in [0.3, 0.4) is 0 Å². The number of carbonyl (C=O) groups is 2. The lowest BCUT2D eigenvalue weighted by atomic mass is 9.76. The Morgan fingerprint density at radius 2 is 2.04 bits per heavy atom. The number of rotatable bonds is 6. The van der Waals surface area contributed by atoms with Crippen molar-refractivity contribution in [3.63, 3.8) is 0 Å². The van der Waals surface area contributed by atoms with Crippen LogP contribution in [0.2, 0.25) is 0 Å². The van der Waals surface area contributed by atoms with Crippen molar-refractivity contribution in [2.24, 2.45) is 17.7 Å². The maximum absolute atomic E-state index is 13.5. The minimum absolute atomic E-state index is 0.364. The Morgan fingerprint density at radius 3 is 2.61 bits per heavy atom. The Kier molecular flexibility index (Phi) is 1.80. The van der Waals surface area contributed by atoms with Gasteiger partial charge in [-0.1, -0.05) is 44.0 Å². The van der Waals surface area contributed by atoms with Gasteiger partial charge >= 0.3 is 5.97 Å². The van der Waals surface area contributed by atoms with Gasteiger partial charge in [-0.15, -0.1) is 0 Å². The molecule has 0 radical (unpaired) electrons. The average molecular weight is 337 g/mol. The summed E-state index contributed by atoms with van der Waals surface area (Å²) in [7, 11) is 0. The number of carboxylic acid groups (broad SMARTS) is 1. The minimum Gasteiger partial charge on any atom is -0.480 e. The molecule has 1 fully saturated rings. The van der Waals surface area contributed by atoms with E-state index in [9.17, 15) is 14.7 Å². The highest BCUT2D eigenvalue weighted by Crippen LogP contribution is 2.33. The smallest absolute Gasteiger partial charge is 0.326 e. The lowest BCUT2D eigenvalue weighted by Crippen LogP contribution is -2.45. The van der Waals surface area contributed by atoms with Crippen molar-refractivity contribution in [3.8, 4) is 0 Å². The third-order valence-electron chi connectivity index (χ3n) is 2.71. The molecule has 0 heterocycles. The predicted octanol–water partition coefficient (Wildman–Crippen LogP) is 3.26. The first kappa shape index (κ1) is 5.08. The summed E-state index contributed by atoms with van der Waals surface area (Å²) in [4.78, 5) is 25.5. The molecule has 0 spiro atoms. The Morgan fingerprint density at radius 1 is 1.39 bits per heavy atom. The van der Waals surface area contributed by atoms with Crippen LogP contribution in [-0.2, 0) is 16.0 Å². The summed E-state index contributed by atoms with van der Waals surface area (Å²) in [5.74, 6) is -18.4. The zero-order valence-electron chi connectivity index (χ0n) is 30.7. The molecule has 1 saturated carbocycles. The second-order valence-electron chi connectivity index (χ2n) is 4.38. The highest BCUT2D eigenvalue weighted by atomic mass is 16.4. The zero-order valence-corrected chi connectivity index (χ0v) is 11.7. The minimum atomic E-state index is -4.74. The van der Waals surface area contributed by atoms with Gasteiger partial charge < -0.3 is 10.4 Å². The van der Waals surface area contributed by atoms with E-state index in [-0.39, 0.29) is 5.56 Å². The highest BCUT2D eigenvalue weighted by molar-refractivity contribution is 5.85. The molecule has 0 aromatic heterocycles. The van der Waals surface area contributed by atoms with Gasteiger partial charge in [0, 0.05) is 38.3 Å². The Hall–Kier alpha value is -1.84. The van der Waals surface area contributed by atoms with E-state index in [1.54, 1.807) is 0 Å². The summed E-state index contributed by atoms with van der Waals surface area (Å²) in [6, 6.07) is 3.48. The predicted molar refractivity (Wildman–Crippen MR) is 90.0 cm³/mol. The molecule has 126 valence electrons. The fraction of sp³-hybridized carbons (Fsp3) is 0.579. The Bertz CT molecular complexity index is 1180.